The van der Waals surface area contributed by atoms with Crippen molar-refractivity contribution in [2.75, 3.05) is 14.1 Å². The van der Waals surface area contributed by atoms with Crippen molar-refractivity contribution in [3.05, 3.63) is 27.7 Å². The molecule has 1 aromatic rings. The Morgan fingerprint density at radius 2 is 2.00 bits per heavy atom. The lowest BCUT2D eigenvalue weighted by Gasteiger charge is -2.32. The highest BCUT2D eigenvalue weighted by Crippen LogP contribution is 2.41. The Morgan fingerprint density at radius 3 is 2.60 bits per heavy atom. The van der Waals surface area contributed by atoms with Crippen molar-refractivity contribution in [1.29, 1.82) is 0 Å². The van der Waals surface area contributed by atoms with Crippen LogP contribution < -0.4 is 4.74 Å². The quantitative estimate of drug-likeness (QED) is 0.716. The van der Waals surface area contributed by atoms with E-state index in [1.54, 1.807) is 11.0 Å². The van der Waals surface area contributed by atoms with E-state index in [-0.39, 0.29) is 11.2 Å². The Hall–Kier alpha value is -0.940. The second-order valence-electron chi connectivity index (χ2n) is 6.10. The van der Waals surface area contributed by atoms with Crippen molar-refractivity contribution in [2.45, 2.75) is 26.7 Å². The van der Waals surface area contributed by atoms with Crippen molar-refractivity contribution < 1.29 is 9.53 Å². The molecule has 20 heavy (non-hydrogen) atoms. The number of benzene rings is 1. The number of thiocarbonyl (C=S) groups is 1. The van der Waals surface area contributed by atoms with Gasteiger partial charge in [-0.3, -0.25) is 4.79 Å². The first kappa shape index (κ1) is 15.4. The van der Waals surface area contributed by atoms with Gasteiger partial charge >= 0.3 is 0 Å². The van der Waals surface area contributed by atoms with Gasteiger partial charge in [-0.05, 0) is 41.7 Å². The summed E-state index contributed by atoms with van der Waals surface area (Å²) >= 11 is 8.70. The normalized spacial score (nSPS) is 16.6. The lowest BCUT2D eigenvalue weighted by molar-refractivity contribution is 0.0909. The van der Waals surface area contributed by atoms with Gasteiger partial charge < -0.3 is 9.64 Å². The molecule has 2 rings (SSSR count). The van der Waals surface area contributed by atoms with Crippen molar-refractivity contribution in [1.82, 2.24) is 4.90 Å². The van der Waals surface area contributed by atoms with Gasteiger partial charge in [-0.25, -0.2) is 0 Å². The first-order chi connectivity index (χ1) is 9.21. The number of carbonyl (C=O) groups is 1. The molecule has 1 aromatic carbocycles. The van der Waals surface area contributed by atoms with Gasteiger partial charge in [0.05, 0.1) is 5.56 Å². The molecule has 5 heteroatoms. The van der Waals surface area contributed by atoms with E-state index in [9.17, 15) is 4.79 Å². The number of carbonyl (C=O) groups excluding carboxylic acids is 1. The number of nitrogens with zero attached hydrogens (tertiary/aromatic N) is 1. The molecule has 1 aliphatic carbocycles. The van der Waals surface area contributed by atoms with E-state index in [2.05, 4.69) is 29.8 Å². The number of ketones is 1. The molecule has 108 valence electrons. The van der Waals surface area contributed by atoms with Crippen LogP contribution in [0.2, 0.25) is 0 Å². The first-order valence-electron chi connectivity index (χ1n) is 6.45. The summed E-state index contributed by atoms with van der Waals surface area (Å²) in [6.07, 6.45) is 1.38. The predicted octanol–water partition coefficient (Wildman–Crippen LogP) is 3.83. The van der Waals surface area contributed by atoms with E-state index in [0.717, 1.165) is 16.5 Å². The molecule has 0 amide bonds. The van der Waals surface area contributed by atoms with Gasteiger partial charge in [0.1, 0.15) is 5.75 Å². The van der Waals surface area contributed by atoms with Crippen molar-refractivity contribution in [3.8, 4) is 5.75 Å². The van der Waals surface area contributed by atoms with Crippen LogP contribution in [0, 0.1) is 5.41 Å². The Kier molecular flexibility index (Phi) is 4.21. The third-order valence-electron chi connectivity index (χ3n) is 3.35. The first-order valence-corrected chi connectivity index (χ1v) is 7.65. The van der Waals surface area contributed by atoms with Crippen LogP contribution in [0.3, 0.4) is 0 Å². The van der Waals surface area contributed by atoms with Crippen LogP contribution >= 0.6 is 28.1 Å². The fourth-order valence-electron chi connectivity index (χ4n) is 2.41. The Bertz CT molecular complexity index is 581. The predicted molar refractivity (Wildman–Crippen MR) is 87.5 cm³/mol. The molecular weight excluding hydrogens is 338 g/mol. The average molecular weight is 356 g/mol. The van der Waals surface area contributed by atoms with Gasteiger partial charge in [0.25, 0.3) is 5.17 Å². The molecule has 0 aliphatic heterocycles. The molecule has 1 aliphatic rings. The summed E-state index contributed by atoms with van der Waals surface area (Å²) in [4.78, 5) is 14.2. The smallest absolute Gasteiger partial charge is 0.264 e. The third-order valence-corrected chi connectivity index (χ3v) is 4.54. The number of hydrogen-bond acceptors (Lipinski definition) is 3. The Labute approximate surface area is 133 Å². The minimum atomic E-state index is -0.0206. The number of ether oxygens (including phenoxy) is 1. The Morgan fingerprint density at radius 1 is 1.35 bits per heavy atom. The van der Waals surface area contributed by atoms with Crippen LogP contribution in [0.25, 0.3) is 0 Å². The highest BCUT2D eigenvalue weighted by molar-refractivity contribution is 9.10. The molecule has 0 spiro atoms. The molecule has 3 nitrogen and oxygen atoms in total. The number of Topliss-reactive ketones (excluding diaryl/α,β-unsaturated/α-hetero) is 1. The molecular formula is C15H18BrNO2S. The summed E-state index contributed by atoms with van der Waals surface area (Å²) in [7, 11) is 3.64. The summed E-state index contributed by atoms with van der Waals surface area (Å²) in [5, 5.41) is 0.354. The van der Waals surface area contributed by atoms with E-state index in [4.69, 9.17) is 17.0 Å². The van der Waals surface area contributed by atoms with Crippen LogP contribution in [0.4, 0.5) is 0 Å². The van der Waals surface area contributed by atoms with E-state index in [1.165, 1.54) is 0 Å². The van der Waals surface area contributed by atoms with Crippen LogP contribution in [0.5, 0.6) is 5.75 Å². The van der Waals surface area contributed by atoms with Crippen molar-refractivity contribution in [2.24, 2.45) is 5.41 Å². The van der Waals surface area contributed by atoms with Gasteiger partial charge in [-0.2, -0.15) is 0 Å². The largest absolute Gasteiger partial charge is 0.431 e. The van der Waals surface area contributed by atoms with Gasteiger partial charge in [0.2, 0.25) is 0 Å². The monoisotopic (exact) mass is 355 g/mol. The van der Waals surface area contributed by atoms with Gasteiger partial charge in [0.15, 0.2) is 5.78 Å². The van der Waals surface area contributed by atoms with Gasteiger partial charge in [-0.15, -0.1) is 0 Å². The van der Waals surface area contributed by atoms with E-state index in [1.807, 2.05) is 20.2 Å². The molecule has 0 radical (unpaired) electrons. The van der Waals surface area contributed by atoms with Crippen molar-refractivity contribution in [3.63, 3.8) is 0 Å². The second kappa shape index (κ2) is 5.45. The summed E-state index contributed by atoms with van der Waals surface area (Å²) in [6.45, 7) is 4.22. The van der Waals surface area contributed by atoms with Gasteiger partial charge in [0, 0.05) is 25.0 Å². The zero-order chi connectivity index (χ0) is 15.1. The van der Waals surface area contributed by atoms with Crippen molar-refractivity contribution >= 4 is 39.1 Å². The molecule has 0 atom stereocenters. The number of halogens is 1. The summed E-state index contributed by atoms with van der Waals surface area (Å²) in [5.41, 5.74) is 1.67. The number of fused-ring (bicyclic) bond motifs is 1. The zero-order valence-electron chi connectivity index (χ0n) is 12.1. The highest BCUT2D eigenvalue weighted by atomic mass is 79.9. The molecule has 0 N–H and O–H groups in total. The second-order valence-corrected chi connectivity index (χ2v) is 7.31. The molecule has 0 bridgehead atoms. The van der Waals surface area contributed by atoms with Crippen LogP contribution in [0.15, 0.2) is 16.6 Å². The zero-order valence-corrected chi connectivity index (χ0v) is 14.5. The van der Waals surface area contributed by atoms with E-state index < -0.39 is 0 Å². The summed E-state index contributed by atoms with van der Waals surface area (Å²) in [5.74, 6) is 0.677. The lowest BCUT2D eigenvalue weighted by atomic mass is 9.73. The minimum Gasteiger partial charge on any atom is -0.431 e. The van der Waals surface area contributed by atoms with Crippen LogP contribution in [-0.4, -0.2) is 30.0 Å². The summed E-state index contributed by atoms with van der Waals surface area (Å²) < 4.78 is 6.64. The molecule has 0 saturated carbocycles. The molecule has 0 saturated heterocycles. The molecule has 0 fully saturated rings. The maximum absolute atomic E-state index is 12.5. The van der Waals surface area contributed by atoms with Crippen LogP contribution in [0.1, 0.15) is 36.2 Å². The summed E-state index contributed by atoms with van der Waals surface area (Å²) in [6, 6.07) is 3.72. The molecule has 0 unspecified atom stereocenters. The molecule has 0 heterocycles. The standard InChI is InChI=1S/C15H18BrNO2S/c1-15(2)7-9-10(16)5-6-12(13(9)11(18)8-15)19-14(20)17(3)4/h5-6H,7-8H2,1-4H3. The van der Waals surface area contributed by atoms with E-state index >= 15 is 0 Å². The van der Waals surface area contributed by atoms with Crippen LogP contribution in [-0.2, 0) is 6.42 Å². The Balaban J connectivity index is 2.48. The minimum absolute atomic E-state index is 0.0206. The fraction of sp³-hybridized carbons (Fsp3) is 0.467. The SMILES string of the molecule is CN(C)C(=S)Oc1ccc(Br)c2c1C(=O)CC(C)(C)C2. The number of hydrogen-bond donors (Lipinski definition) is 0. The van der Waals surface area contributed by atoms with E-state index in [0.29, 0.717) is 22.9 Å². The molecule has 0 aromatic heterocycles. The van der Waals surface area contributed by atoms with Gasteiger partial charge in [-0.1, -0.05) is 29.8 Å². The highest BCUT2D eigenvalue weighted by Gasteiger charge is 2.34. The topological polar surface area (TPSA) is 29.5 Å². The number of rotatable bonds is 1. The fourth-order valence-corrected chi connectivity index (χ4v) is 2.97. The average Bonchev–Trinajstić information content (AvgIpc) is 2.31. The maximum atomic E-state index is 12.5. The third kappa shape index (κ3) is 3.04. The lowest BCUT2D eigenvalue weighted by Crippen LogP contribution is -2.30. The maximum Gasteiger partial charge on any atom is 0.264 e.